The first kappa shape index (κ1) is 11.7. The second-order valence-electron chi connectivity index (χ2n) is 4.99. The van der Waals surface area contributed by atoms with Crippen LogP contribution in [0.5, 0.6) is 0 Å². The Morgan fingerprint density at radius 3 is 2.85 bits per heavy atom. The van der Waals surface area contributed by atoms with Gasteiger partial charge >= 0.3 is 0 Å². The molecular formula is C15H15N3O2. The van der Waals surface area contributed by atoms with Crippen LogP contribution in [-0.4, -0.2) is 27.7 Å². The molecule has 4 heterocycles. The molecule has 0 atom stereocenters. The van der Waals surface area contributed by atoms with E-state index in [1.165, 1.54) is 0 Å². The highest BCUT2D eigenvalue weighted by molar-refractivity contribution is 5.73. The van der Waals surface area contributed by atoms with Gasteiger partial charge in [-0.05, 0) is 31.0 Å². The van der Waals surface area contributed by atoms with Gasteiger partial charge in [-0.2, -0.15) is 0 Å². The number of aromatic nitrogens is 3. The highest BCUT2D eigenvalue weighted by atomic mass is 16.5. The van der Waals surface area contributed by atoms with Crippen LogP contribution < -0.4 is 0 Å². The van der Waals surface area contributed by atoms with Crippen molar-refractivity contribution in [2.24, 2.45) is 0 Å². The van der Waals surface area contributed by atoms with Gasteiger partial charge in [0, 0.05) is 31.4 Å². The molecule has 4 rings (SSSR count). The van der Waals surface area contributed by atoms with Gasteiger partial charge in [0.1, 0.15) is 11.3 Å². The van der Waals surface area contributed by atoms with Crippen LogP contribution >= 0.6 is 0 Å². The van der Waals surface area contributed by atoms with E-state index in [4.69, 9.17) is 14.1 Å². The Morgan fingerprint density at radius 2 is 2.05 bits per heavy atom. The third-order valence-electron chi connectivity index (χ3n) is 3.75. The molecule has 5 heteroatoms. The van der Waals surface area contributed by atoms with E-state index in [1.54, 1.807) is 12.5 Å². The van der Waals surface area contributed by atoms with Gasteiger partial charge in [-0.25, -0.2) is 14.5 Å². The molecular weight excluding hydrogens is 254 g/mol. The summed E-state index contributed by atoms with van der Waals surface area (Å²) in [5.74, 6) is 2.19. The third kappa shape index (κ3) is 1.82. The minimum absolute atomic E-state index is 0.392. The van der Waals surface area contributed by atoms with Crippen molar-refractivity contribution in [2.45, 2.75) is 18.8 Å². The topological polar surface area (TPSA) is 53.1 Å². The first-order chi connectivity index (χ1) is 9.93. The SMILES string of the molecule is c1coc(-n2c(C3CCOCC3)nc3cccnc32)c1. The fourth-order valence-electron chi connectivity index (χ4n) is 2.77. The molecule has 0 aliphatic carbocycles. The van der Waals surface area contributed by atoms with E-state index in [0.717, 1.165) is 48.9 Å². The number of ether oxygens (including phenoxy) is 1. The Morgan fingerprint density at radius 1 is 1.15 bits per heavy atom. The molecule has 0 N–H and O–H groups in total. The van der Waals surface area contributed by atoms with Crippen molar-refractivity contribution in [1.29, 1.82) is 0 Å². The Balaban J connectivity index is 1.92. The van der Waals surface area contributed by atoms with Crippen molar-refractivity contribution in [1.82, 2.24) is 14.5 Å². The summed E-state index contributed by atoms with van der Waals surface area (Å²) in [4.78, 5) is 9.24. The summed E-state index contributed by atoms with van der Waals surface area (Å²) in [6.07, 6.45) is 5.45. The highest BCUT2D eigenvalue weighted by Gasteiger charge is 2.24. The van der Waals surface area contributed by atoms with Gasteiger partial charge in [0.15, 0.2) is 5.65 Å². The first-order valence-corrected chi connectivity index (χ1v) is 6.88. The number of hydrogen-bond donors (Lipinski definition) is 0. The molecule has 0 unspecified atom stereocenters. The van der Waals surface area contributed by atoms with Crippen molar-refractivity contribution in [3.63, 3.8) is 0 Å². The fraction of sp³-hybridized carbons (Fsp3) is 0.333. The molecule has 1 fully saturated rings. The molecule has 1 aliphatic rings. The van der Waals surface area contributed by atoms with E-state index in [9.17, 15) is 0 Å². The van der Waals surface area contributed by atoms with E-state index >= 15 is 0 Å². The molecule has 0 spiro atoms. The lowest BCUT2D eigenvalue weighted by molar-refractivity contribution is 0.0832. The smallest absolute Gasteiger partial charge is 0.206 e. The van der Waals surface area contributed by atoms with E-state index in [0.29, 0.717) is 5.92 Å². The van der Waals surface area contributed by atoms with Gasteiger partial charge in [0.25, 0.3) is 0 Å². The number of imidazole rings is 1. The van der Waals surface area contributed by atoms with Gasteiger partial charge in [-0.3, -0.25) is 0 Å². The van der Waals surface area contributed by atoms with Crippen molar-refractivity contribution in [3.8, 4) is 5.88 Å². The molecule has 1 aliphatic heterocycles. The van der Waals surface area contributed by atoms with Crippen LogP contribution in [0.3, 0.4) is 0 Å². The Labute approximate surface area is 116 Å². The lowest BCUT2D eigenvalue weighted by atomic mass is 9.99. The summed E-state index contributed by atoms with van der Waals surface area (Å²) in [6, 6.07) is 7.73. The van der Waals surface area contributed by atoms with E-state index < -0.39 is 0 Å². The maximum absolute atomic E-state index is 5.57. The third-order valence-corrected chi connectivity index (χ3v) is 3.75. The molecule has 3 aromatic heterocycles. The minimum atomic E-state index is 0.392. The highest BCUT2D eigenvalue weighted by Crippen LogP contribution is 2.31. The molecule has 0 bridgehead atoms. The molecule has 20 heavy (non-hydrogen) atoms. The van der Waals surface area contributed by atoms with Gasteiger partial charge in [-0.15, -0.1) is 0 Å². The van der Waals surface area contributed by atoms with Crippen molar-refractivity contribution in [2.75, 3.05) is 13.2 Å². The molecule has 0 radical (unpaired) electrons. The number of rotatable bonds is 2. The summed E-state index contributed by atoms with van der Waals surface area (Å²) < 4.78 is 13.1. The van der Waals surface area contributed by atoms with Crippen LogP contribution in [0.1, 0.15) is 24.6 Å². The average Bonchev–Trinajstić information content (AvgIpc) is 3.14. The first-order valence-electron chi connectivity index (χ1n) is 6.88. The number of hydrogen-bond acceptors (Lipinski definition) is 4. The van der Waals surface area contributed by atoms with Crippen LogP contribution in [0.2, 0.25) is 0 Å². The van der Waals surface area contributed by atoms with Crippen LogP contribution in [0, 0.1) is 0 Å². The van der Waals surface area contributed by atoms with Crippen LogP contribution in [0.15, 0.2) is 41.1 Å². The number of nitrogens with zero attached hydrogens (tertiary/aromatic N) is 3. The number of fused-ring (bicyclic) bond motifs is 1. The Hall–Kier alpha value is -2.14. The van der Waals surface area contributed by atoms with E-state index in [1.807, 2.05) is 28.8 Å². The van der Waals surface area contributed by atoms with Crippen LogP contribution in [0.4, 0.5) is 0 Å². The second-order valence-corrected chi connectivity index (χ2v) is 4.99. The maximum atomic E-state index is 5.57. The normalized spacial score (nSPS) is 16.8. The minimum Gasteiger partial charge on any atom is -0.448 e. The van der Waals surface area contributed by atoms with E-state index in [-0.39, 0.29) is 0 Å². The predicted octanol–water partition coefficient (Wildman–Crippen LogP) is 2.91. The van der Waals surface area contributed by atoms with Gasteiger partial charge in [0.05, 0.1) is 6.26 Å². The maximum Gasteiger partial charge on any atom is 0.206 e. The van der Waals surface area contributed by atoms with Crippen molar-refractivity contribution < 1.29 is 9.15 Å². The molecule has 1 saturated heterocycles. The molecule has 0 aromatic carbocycles. The summed E-state index contributed by atoms with van der Waals surface area (Å²) in [6.45, 7) is 1.58. The lowest BCUT2D eigenvalue weighted by Crippen LogP contribution is -2.17. The van der Waals surface area contributed by atoms with Gasteiger partial charge in [-0.1, -0.05) is 0 Å². The zero-order valence-electron chi connectivity index (χ0n) is 11.0. The van der Waals surface area contributed by atoms with Crippen LogP contribution in [0.25, 0.3) is 17.0 Å². The lowest BCUT2D eigenvalue weighted by Gasteiger charge is -2.21. The largest absolute Gasteiger partial charge is 0.448 e. The summed E-state index contributed by atoms with van der Waals surface area (Å²) in [7, 11) is 0. The molecule has 3 aromatic rings. The van der Waals surface area contributed by atoms with Crippen molar-refractivity contribution in [3.05, 3.63) is 42.5 Å². The zero-order chi connectivity index (χ0) is 13.4. The van der Waals surface area contributed by atoms with Gasteiger partial charge in [0.2, 0.25) is 5.88 Å². The van der Waals surface area contributed by atoms with Gasteiger partial charge < -0.3 is 9.15 Å². The fourth-order valence-corrected chi connectivity index (χ4v) is 2.77. The summed E-state index contributed by atoms with van der Waals surface area (Å²) >= 11 is 0. The average molecular weight is 269 g/mol. The monoisotopic (exact) mass is 269 g/mol. The summed E-state index contributed by atoms with van der Waals surface area (Å²) in [5.41, 5.74) is 1.76. The molecule has 0 amide bonds. The Bertz CT molecular complexity index is 712. The standard InChI is InChI=1S/C15H15N3O2/c1-3-12-15(16-7-1)18(13-4-2-8-20-13)14(17-12)11-5-9-19-10-6-11/h1-4,7-8,11H,5-6,9-10H2. The summed E-state index contributed by atoms with van der Waals surface area (Å²) in [5, 5.41) is 0. The molecule has 102 valence electrons. The quantitative estimate of drug-likeness (QED) is 0.717. The molecule has 0 saturated carbocycles. The predicted molar refractivity (Wildman–Crippen MR) is 73.9 cm³/mol. The zero-order valence-corrected chi connectivity index (χ0v) is 11.0. The molecule has 5 nitrogen and oxygen atoms in total. The van der Waals surface area contributed by atoms with Crippen LogP contribution in [-0.2, 0) is 4.74 Å². The number of pyridine rings is 1. The van der Waals surface area contributed by atoms with E-state index in [2.05, 4.69) is 4.98 Å². The second kappa shape index (κ2) is 4.76. The number of furan rings is 1. The van der Waals surface area contributed by atoms with Crippen molar-refractivity contribution >= 4 is 11.2 Å². The Kier molecular flexibility index (Phi) is 2.77.